The van der Waals surface area contributed by atoms with E-state index >= 15 is 0 Å². The van der Waals surface area contributed by atoms with Crippen LogP contribution in [0.5, 0.6) is 0 Å². The SMILES string of the molecule is C=C(C)c1cccc(C(C)(C)NC(=O)NCC(=O)Nc2ccccc2)c1. The number of urea groups is 1. The normalized spacial score (nSPS) is 10.7. The molecule has 2 rings (SSSR count). The Kier molecular flexibility index (Phi) is 6.17. The van der Waals surface area contributed by atoms with Gasteiger partial charge in [-0.05, 0) is 50.1 Å². The van der Waals surface area contributed by atoms with E-state index in [9.17, 15) is 9.59 Å². The van der Waals surface area contributed by atoms with Gasteiger partial charge in [-0.25, -0.2) is 4.79 Å². The zero-order valence-corrected chi connectivity index (χ0v) is 15.4. The molecule has 0 saturated carbocycles. The van der Waals surface area contributed by atoms with Crippen molar-refractivity contribution in [3.8, 4) is 0 Å². The quantitative estimate of drug-likeness (QED) is 0.739. The van der Waals surface area contributed by atoms with Crippen molar-refractivity contribution in [2.24, 2.45) is 0 Å². The highest BCUT2D eigenvalue weighted by atomic mass is 16.2. The molecule has 2 aromatic rings. The number of carbonyl (C=O) groups is 2. The summed E-state index contributed by atoms with van der Waals surface area (Å²) in [6, 6.07) is 16.6. The fourth-order valence-corrected chi connectivity index (χ4v) is 2.46. The van der Waals surface area contributed by atoms with Crippen LogP contribution in [-0.4, -0.2) is 18.5 Å². The molecule has 0 unspecified atom stereocenters. The third-order valence-corrected chi connectivity index (χ3v) is 3.97. The first-order valence-electron chi connectivity index (χ1n) is 8.45. The first-order valence-corrected chi connectivity index (χ1v) is 8.45. The molecule has 0 aliphatic rings. The number of nitrogens with one attached hydrogen (secondary N) is 3. The van der Waals surface area contributed by atoms with Crippen LogP contribution in [-0.2, 0) is 10.3 Å². The lowest BCUT2D eigenvalue weighted by Crippen LogP contribution is -2.48. The molecule has 2 aromatic carbocycles. The molecule has 3 N–H and O–H groups in total. The lowest BCUT2D eigenvalue weighted by molar-refractivity contribution is -0.115. The Morgan fingerprint density at radius 3 is 2.38 bits per heavy atom. The van der Waals surface area contributed by atoms with Gasteiger partial charge in [0.2, 0.25) is 5.91 Å². The Labute approximate surface area is 154 Å². The van der Waals surface area contributed by atoms with Gasteiger partial charge in [-0.2, -0.15) is 0 Å². The van der Waals surface area contributed by atoms with Gasteiger partial charge in [0.1, 0.15) is 0 Å². The maximum atomic E-state index is 12.2. The zero-order valence-electron chi connectivity index (χ0n) is 15.4. The third kappa shape index (κ3) is 5.48. The minimum atomic E-state index is -0.592. The minimum absolute atomic E-state index is 0.109. The smallest absolute Gasteiger partial charge is 0.315 e. The van der Waals surface area contributed by atoms with Crippen LogP contribution in [0, 0.1) is 0 Å². The number of hydrogen-bond acceptors (Lipinski definition) is 2. The highest BCUT2D eigenvalue weighted by Crippen LogP contribution is 2.23. The van der Waals surface area contributed by atoms with E-state index in [4.69, 9.17) is 0 Å². The van der Waals surface area contributed by atoms with E-state index in [2.05, 4.69) is 22.5 Å². The highest BCUT2D eigenvalue weighted by Gasteiger charge is 2.23. The van der Waals surface area contributed by atoms with Crippen LogP contribution in [0.2, 0.25) is 0 Å². The van der Waals surface area contributed by atoms with Crippen molar-refractivity contribution in [1.29, 1.82) is 0 Å². The number of benzene rings is 2. The number of hydrogen-bond donors (Lipinski definition) is 3. The summed E-state index contributed by atoms with van der Waals surface area (Å²) in [5.41, 5.74) is 3.05. The predicted octanol–water partition coefficient (Wildman–Crippen LogP) is 3.89. The van der Waals surface area contributed by atoms with Crippen molar-refractivity contribution < 1.29 is 9.59 Å². The highest BCUT2D eigenvalue weighted by molar-refractivity contribution is 5.94. The summed E-state index contributed by atoms with van der Waals surface area (Å²) in [5.74, 6) is -0.284. The number of rotatable bonds is 6. The molecule has 0 radical (unpaired) electrons. The number of anilines is 1. The summed E-state index contributed by atoms with van der Waals surface area (Å²) in [6.45, 7) is 9.60. The van der Waals surface area contributed by atoms with Crippen molar-refractivity contribution >= 4 is 23.2 Å². The van der Waals surface area contributed by atoms with Crippen molar-refractivity contribution in [3.63, 3.8) is 0 Å². The predicted molar refractivity (Wildman–Crippen MR) is 106 cm³/mol. The molecular weight excluding hydrogens is 326 g/mol. The Hall–Kier alpha value is -3.08. The van der Waals surface area contributed by atoms with Gasteiger partial charge < -0.3 is 16.0 Å². The maximum Gasteiger partial charge on any atom is 0.315 e. The van der Waals surface area contributed by atoms with Gasteiger partial charge in [-0.15, -0.1) is 0 Å². The molecule has 5 heteroatoms. The second-order valence-corrected chi connectivity index (χ2v) is 6.71. The number of allylic oxidation sites excluding steroid dienone is 1. The number of carbonyl (C=O) groups excluding carboxylic acids is 2. The Balaban J connectivity index is 1.90. The van der Waals surface area contributed by atoms with Crippen molar-refractivity contribution in [1.82, 2.24) is 10.6 Å². The average Bonchev–Trinajstić information content (AvgIpc) is 2.60. The summed E-state index contributed by atoms with van der Waals surface area (Å²) in [6.07, 6.45) is 0. The monoisotopic (exact) mass is 351 g/mol. The van der Waals surface area contributed by atoms with Gasteiger partial charge in [-0.1, -0.05) is 48.6 Å². The van der Waals surface area contributed by atoms with Gasteiger partial charge in [-0.3, -0.25) is 4.79 Å². The summed E-state index contributed by atoms with van der Waals surface area (Å²) in [5, 5.41) is 8.21. The van der Waals surface area contributed by atoms with E-state index in [1.807, 2.05) is 63.2 Å². The average molecular weight is 351 g/mol. The van der Waals surface area contributed by atoms with Gasteiger partial charge in [0.15, 0.2) is 0 Å². The minimum Gasteiger partial charge on any atom is -0.329 e. The molecule has 0 fully saturated rings. The molecule has 0 spiro atoms. The molecular formula is C21H25N3O2. The topological polar surface area (TPSA) is 70.2 Å². The molecule has 0 atom stereocenters. The molecule has 0 aromatic heterocycles. The van der Waals surface area contributed by atoms with Gasteiger partial charge in [0.25, 0.3) is 0 Å². The van der Waals surface area contributed by atoms with Crippen LogP contribution in [0.25, 0.3) is 5.57 Å². The molecule has 0 aliphatic heterocycles. The van der Waals surface area contributed by atoms with E-state index in [-0.39, 0.29) is 12.5 Å². The molecule has 26 heavy (non-hydrogen) atoms. The molecule has 136 valence electrons. The van der Waals surface area contributed by atoms with E-state index in [1.54, 1.807) is 12.1 Å². The third-order valence-electron chi connectivity index (χ3n) is 3.97. The first kappa shape index (κ1) is 19.2. The number of para-hydroxylation sites is 1. The van der Waals surface area contributed by atoms with Gasteiger partial charge in [0.05, 0.1) is 12.1 Å². The first-order chi connectivity index (χ1) is 12.3. The van der Waals surface area contributed by atoms with Crippen molar-refractivity contribution in [2.45, 2.75) is 26.3 Å². The zero-order chi connectivity index (χ0) is 19.2. The standard InChI is InChI=1S/C21H25N3O2/c1-15(2)16-9-8-10-17(13-16)21(3,4)24-20(26)22-14-19(25)23-18-11-6-5-7-12-18/h5-13H,1,14H2,2-4H3,(H,23,25)(H2,22,24,26). The van der Waals surface area contributed by atoms with E-state index in [0.717, 1.165) is 16.7 Å². The van der Waals surface area contributed by atoms with Crippen molar-refractivity contribution in [3.05, 3.63) is 72.3 Å². The lowest BCUT2D eigenvalue weighted by atomic mass is 9.92. The van der Waals surface area contributed by atoms with Crippen molar-refractivity contribution in [2.75, 3.05) is 11.9 Å². The van der Waals surface area contributed by atoms with E-state index in [1.165, 1.54) is 0 Å². The fraction of sp³-hybridized carbons (Fsp3) is 0.238. The molecule has 3 amide bonds. The van der Waals surface area contributed by atoms with Crippen LogP contribution in [0.15, 0.2) is 61.2 Å². The molecule has 0 saturated heterocycles. The van der Waals surface area contributed by atoms with Crippen LogP contribution in [0.3, 0.4) is 0 Å². The Morgan fingerprint density at radius 2 is 1.73 bits per heavy atom. The largest absolute Gasteiger partial charge is 0.329 e. The fourth-order valence-electron chi connectivity index (χ4n) is 2.46. The maximum absolute atomic E-state index is 12.2. The second kappa shape index (κ2) is 8.34. The van der Waals surface area contributed by atoms with E-state index < -0.39 is 11.6 Å². The lowest BCUT2D eigenvalue weighted by Gasteiger charge is -2.27. The molecule has 0 aliphatic carbocycles. The summed E-state index contributed by atoms with van der Waals surface area (Å²) >= 11 is 0. The summed E-state index contributed by atoms with van der Waals surface area (Å²) in [7, 11) is 0. The second-order valence-electron chi connectivity index (χ2n) is 6.71. The van der Waals surface area contributed by atoms with Crippen LogP contribution >= 0.6 is 0 Å². The van der Waals surface area contributed by atoms with Crippen LogP contribution in [0.4, 0.5) is 10.5 Å². The summed E-state index contributed by atoms with van der Waals surface area (Å²) in [4.78, 5) is 24.1. The van der Waals surface area contributed by atoms with Gasteiger partial charge in [0, 0.05) is 5.69 Å². The van der Waals surface area contributed by atoms with Gasteiger partial charge >= 0.3 is 6.03 Å². The molecule has 0 heterocycles. The van der Waals surface area contributed by atoms with Crippen LogP contribution < -0.4 is 16.0 Å². The summed E-state index contributed by atoms with van der Waals surface area (Å²) < 4.78 is 0. The number of amides is 3. The van der Waals surface area contributed by atoms with Crippen LogP contribution in [0.1, 0.15) is 31.9 Å². The Bertz CT molecular complexity index is 798. The molecule has 0 bridgehead atoms. The molecule has 5 nitrogen and oxygen atoms in total. The van der Waals surface area contributed by atoms with E-state index in [0.29, 0.717) is 5.69 Å². The Morgan fingerprint density at radius 1 is 1.04 bits per heavy atom.